The molecule has 9 nitrogen and oxygen atoms in total. The Kier molecular flexibility index (Phi) is 10.4. The highest BCUT2D eigenvalue weighted by molar-refractivity contribution is 7.91. The van der Waals surface area contributed by atoms with Crippen LogP contribution in [0, 0.1) is 0 Å². The molecule has 0 bridgehead atoms. The number of hydrogen-bond acceptors (Lipinski definition) is 8. The van der Waals surface area contributed by atoms with Gasteiger partial charge in [0.2, 0.25) is 5.90 Å². The number of nitrogens with zero attached hydrogens (tertiary/aromatic N) is 1. The summed E-state index contributed by atoms with van der Waals surface area (Å²) in [6.07, 6.45) is -0.622. The first-order valence-electron chi connectivity index (χ1n) is 16.0. The van der Waals surface area contributed by atoms with Crippen molar-refractivity contribution in [1.82, 2.24) is 5.43 Å². The van der Waals surface area contributed by atoms with Gasteiger partial charge in [-0.25, -0.2) is 13.4 Å². The lowest BCUT2D eigenvalue weighted by Crippen LogP contribution is -2.51. The molecule has 0 unspecified atom stereocenters. The predicted octanol–water partition coefficient (Wildman–Crippen LogP) is 6.38. The second-order valence-corrected chi connectivity index (χ2v) is 13.7. The molecule has 0 aliphatic carbocycles. The number of aliphatic imine (C=N–C) groups is 1. The molecule has 0 spiro atoms. The Morgan fingerprint density at radius 1 is 0.776 bits per heavy atom. The number of sulfone groups is 1. The summed E-state index contributed by atoms with van der Waals surface area (Å²) < 4.78 is 39.5. The van der Waals surface area contributed by atoms with Gasteiger partial charge in [-0.15, -0.1) is 0 Å². The molecule has 0 radical (unpaired) electrons. The second-order valence-electron chi connectivity index (χ2n) is 11.6. The average molecular weight is 676 g/mol. The monoisotopic (exact) mass is 675 g/mol. The van der Waals surface area contributed by atoms with Crippen molar-refractivity contribution in [3.63, 3.8) is 0 Å². The molecule has 1 aliphatic rings. The Hall–Kier alpha value is -5.45. The summed E-state index contributed by atoms with van der Waals surface area (Å²) in [5, 5.41) is 9.09. The van der Waals surface area contributed by atoms with Crippen LogP contribution in [0.3, 0.4) is 0 Å². The molecular formula is C39H37N3O6S. The van der Waals surface area contributed by atoms with E-state index in [9.17, 15) is 13.2 Å². The Morgan fingerprint density at radius 3 is 2.02 bits per heavy atom. The molecule has 0 fully saturated rings. The van der Waals surface area contributed by atoms with E-state index < -0.39 is 27.4 Å². The minimum atomic E-state index is -3.79. The third-order valence-corrected chi connectivity index (χ3v) is 10.0. The number of anilines is 1. The van der Waals surface area contributed by atoms with Crippen LogP contribution in [-0.4, -0.2) is 49.8 Å². The summed E-state index contributed by atoms with van der Waals surface area (Å²) in [6, 6.07) is 42.0. The smallest absolute Gasteiger partial charge is 0.270 e. The highest BCUT2D eigenvalue weighted by atomic mass is 32.2. The first-order chi connectivity index (χ1) is 23.9. The molecule has 2 atom stereocenters. The lowest BCUT2D eigenvalue weighted by molar-refractivity contribution is -0.128. The average Bonchev–Trinajstić information content (AvgIpc) is 3.56. The van der Waals surface area contributed by atoms with Gasteiger partial charge in [0.25, 0.3) is 5.91 Å². The van der Waals surface area contributed by atoms with E-state index in [1.54, 1.807) is 66.7 Å². The quantitative estimate of drug-likeness (QED) is 0.0922. The van der Waals surface area contributed by atoms with Gasteiger partial charge in [-0.1, -0.05) is 91.0 Å². The van der Waals surface area contributed by atoms with Gasteiger partial charge in [-0.3, -0.25) is 15.6 Å². The standard InChI is InChI=1S/C39H37N3O6S/c43-26-10-27-47-34-23-21-32(22-24-34)37-40-39(38(44)42-41-33-13-6-2-7-14-33,25-28-49(45,46)35-15-8-3-9-16-35)36(48-37)31-19-17-30(18-20-31)29-11-4-1-5-12-29/h1-9,11-24,36,41,43H,10,25-28H2,(H,42,44)/t36-,39-/m0/s1. The summed E-state index contributed by atoms with van der Waals surface area (Å²) in [5.74, 6) is -0.0952. The van der Waals surface area contributed by atoms with Gasteiger partial charge < -0.3 is 14.6 Å². The van der Waals surface area contributed by atoms with Crippen molar-refractivity contribution >= 4 is 27.3 Å². The van der Waals surface area contributed by atoms with Gasteiger partial charge in [-0.2, -0.15) is 0 Å². The molecule has 5 aromatic rings. The minimum Gasteiger partial charge on any atom is -0.494 e. The fraction of sp³-hybridized carbons (Fsp3) is 0.179. The molecule has 0 saturated heterocycles. The summed E-state index contributed by atoms with van der Waals surface area (Å²) in [7, 11) is -3.79. The first-order valence-corrected chi connectivity index (χ1v) is 17.7. The molecule has 0 aromatic heterocycles. The van der Waals surface area contributed by atoms with E-state index in [0.29, 0.717) is 35.6 Å². The molecule has 1 aliphatic heterocycles. The van der Waals surface area contributed by atoms with E-state index in [1.165, 1.54) is 0 Å². The van der Waals surface area contributed by atoms with Crippen LogP contribution < -0.4 is 15.6 Å². The number of carbonyl (C=O) groups is 1. The number of hydrazine groups is 1. The number of aliphatic hydroxyl groups excluding tert-OH is 1. The molecule has 6 rings (SSSR count). The van der Waals surface area contributed by atoms with Gasteiger partial charge in [0, 0.05) is 25.0 Å². The maximum absolute atomic E-state index is 14.4. The predicted molar refractivity (Wildman–Crippen MR) is 190 cm³/mol. The van der Waals surface area contributed by atoms with E-state index in [-0.39, 0.29) is 29.6 Å². The normalized spacial score (nSPS) is 17.1. The Balaban J connectivity index is 1.40. The molecule has 3 N–H and O–H groups in total. The van der Waals surface area contributed by atoms with E-state index in [0.717, 1.165) is 11.1 Å². The summed E-state index contributed by atoms with van der Waals surface area (Å²) >= 11 is 0. The van der Waals surface area contributed by atoms with Crippen LogP contribution in [0.4, 0.5) is 5.69 Å². The number of rotatable bonds is 14. The van der Waals surface area contributed by atoms with Crippen molar-refractivity contribution in [2.75, 3.05) is 24.4 Å². The highest BCUT2D eigenvalue weighted by Gasteiger charge is 2.53. The largest absolute Gasteiger partial charge is 0.494 e. The molecule has 5 aromatic carbocycles. The lowest BCUT2D eigenvalue weighted by atomic mass is 9.84. The molecule has 10 heteroatoms. The van der Waals surface area contributed by atoms with Gasteiger partial charge in [0.15, 0.2) is 21.5 Å². The van der Waals surface area contributed by atoms with E-state index in [2.05, 4.69) is 10.9 Å². The van der Waals surface area contributed by atoms with Crippen molar-refractivity contribution in [3.8, 4) is 16.9 Å². The van der Waals surface area contributed by atoms with Crippen LogP contribution in [0.2, 0.25) is 0 Å². The maximum Gasteiger partial charge on any atom is 0.270 e. The zero-order valence-corrected chi connectivity index (χ0v) is 27.6. The van der Waals surface area contributed by atoms with Gasteiger partial charge in [-0.05, 0) is 65.2 Å². The van der Waals surface area contributed by atoms with E-state index in [4.69, 9.17) is 19.6 Å². The molecular weight excluding hydrogens is 639 g/mol. The third-order valence-electron chi connectivity index (χ3n) is 8.30. The number of amides is 1. The van der Waals surface area contributed by atoms with Crippen molar-refractivity contribution in [3.05, 3.63) is 151 Å². The molecule has 1 heterocycles. The number of aliphatic hydroxyl groups is 1. The second kappa shape index (κ2) is 15.2. The van der Waals surface area contributed by atoms with E-state index in [1.807, 2.05) is 72.8 Å². The van der Waals surface area contributed by atoms with Crippen LogP contribution in [0.25, 0.3) is 11.1 Å². The summed E-state index contributed by atoms with van der Waals surface area (Å²) in [4.78, 5) is 19.6. The Morgan fingerprint density at radius 2 is 1.37 bits per heavy atom. The zero-order chi connectivity index (χ0) is 34.1. The summed E-state index contributed by atoms with van der Waals surface area (Å²) in [6.45, 7) is 0.391. The fourth-order valence-corrected chi connectivity index (χ4v) is 7.03. The van der Waals surface area contributed by atoms with Crippen molar-refractivity contribution < 1.29 is 27.8 Å². The number of para-hydroxylation sites is 1. The lowest BCUT2D eigenvalue weighted by Gasteiger charge is -2.31. The Labute approximate surface area is 286 Å². The topological polar surface area (TPSA) is 126 Å². The number of benzene rings is 5. The van der Waals surface area contributed by atoms with Gasteiger partial charge >= 0.3 is 0 Å². The van der Waals surface area contributed by atoms with Crippen LogP contribution in [0.1, 0.15) is 30.1 Å². The SMILES string of the molecule is O=C(NNc1ccccc1)[C@@]1(CCS(=O)(=O)c2ccccc2)N=C(c2ccc(OCCCO)cc2)O[C@H]1c1ccc(-c2ccccc2)cc1. The number of nitrogens with one attached hydrogen (secondary N) is 2. The van der Waals surface area contributed by atoms with Gasteiger partial charge in [0.1, 0.15) is 5.75 Å². The van der Waals surface area contributed by atoms with Crippen molar-refractivity contribution in [2.24, 2.45) is 4.99 Å². The van der Waals surface area contributed by atoms with E-state index >= 15 is 0 Å². The molecule has 250 valence electrons. The van der Waals surface area contributed by atoms with Crippen molar-refractivity contribution in [1.29, 1.82) is 0 Å². The number of ether oxygens (including phenoxy) is 2. The van der Waals surface area contributed by atoms with Crippen LogP contribution in [0.15, 0.2) is 149 Å². The Bertz CT molecular complexity index is 1970. The molecule has 0 saturated carbocycles. The molecule has 49 heavy (non-hydrogen) atoms. The maximum atomic E-state index is 14.4. The first kappa shape index (κ1) is 33.5. The number of hydrogen-bond donors (Lipinski definition) is 3. The third kappa shape index (κ3) is 7.83. The zero-order valence-electron chi connectivity index (χ0n) is 26.7. The highest BCUT2D eigenvalue weighted by Crippen LogP contribution is 2.43. The fourth-order valence-electron chi connectivity index (χ4n) is 5.65. The van der Waals surface area contributed by atoms with Crippen molar-refractivity contribution in [2.45, 2.75) is 29.4 Å². The molecule has 1 amide bonds. The minimum absolute atomic E-state index is 0.0275. The van der Waals surface area contributed by atoms with Crippen LogP contribution in [0.5, 0.6) is 5.75 Å². The number of carbonyl (C=O) groups excluding carboxylic acids is 1. The van der Waals surface area contributed by atoms with Crippen LogP contribution >= 0.6 is 0 Å². The summed E-state index contributed by atoms with van der Waals surface area (Å²) in [5.41, 5.74) is 7.98. The van der Waals surface area contributed by atoms with Crippen LogP contribution in [-0.2, 0) is 19.4 Å². The van der Waals surface area contributed by atoms with Gasteiger partial charge in [0.05, 0.1) is 22.9 Å².